The standard InChI is InChI=1S/C13H17NO3S.K.H/c1-3-4-5-12-9-10-8-11(14-18(2,15)16)6-7-13(10)17-12;;/h6-9,14H,3-5H2,1-2H3;;. The average molecular weight is 307 g/mol. The molecule has 1 N–H and O–H groups in total. The van der Waals surface area contributed by atoms with Crippen LogP contribution in [0.25, 0.3) is 11.0 Å². The molecule has 0 radical (unpaired) electrons. The van der Waals surface area contributed by atoms with Gasteiger partial charge in [-0.15, -0.1) is 0 Å². The fourth-order valence-electron chi connectivity index (χ4n) is 1.85. The van der Waals surface area contributed by atoms with Crippen LogP contribution in [0.5, 0.6) is 0 Å². The van der Waals surface area contributed by atoms with Crippen LogP contribution in [0.15, 0.2) is 28.7 Å². The summed E-state index contributed by atoms with van der Waals surface area (Å²) in [5.74, 6) is 0.948. The summed E-state index contributed by atoms with van der Waals surface area (Å²) in [5, 5.41) is 0.926. The predicted molar refractivity (Wildman–Crippen MR) is 80.4 cm³/mol. The van der Waals surface area contributed by atoms with E-state index in [2.05, 4.69) is 11.6 Å². The van der Waals surface area contributed by atoms with Gasteiger partial charge >= 0.3 is 51.4 Å². The molecule has 0 aliphatic rings. The topological polar surface area (TPSA) is 59.3 Å². The van der Waals surface area contributed by atoms with Gasteiger partial charge in [0.05, 0.1) is 6.26 Å². The molecule has 0 fully saturated rings. The summed E-state index contributed by atoms with van der Waals surface area (Å²) in [6.45, 7) is 2.14. The van der Waals surface area contributed by atoms with Gasteiger partial charge in [-0.25, -0.2) is 8.42 Å². The Morgan fingerprint density at radius 1 is 1.26 bits per heavy atom. The van der Waals surface area contributed by atoms with E-state index in [9.17, 15) is 8.42 Å². The molecule has 1 aromatic carbocycles. The van der Waals surface area contributed by atoms with Crippen LogP contribution in [0.2, 0.25) is 0 Å². The molecule has 6 heteroatoms. The summed E-state index contributed by atoms with van der Waals surface area (Å²) in [5.41, 5.74) is 1.35. The molecule has 1 aromatic heterocycles. The number of sulfonamides is 1. The Morgan fingerprint density at radius 2 is 2.00 bits per heavy atom. The number of aryl methyl sites for hydroxylation is 1. The number of hydrogen-bond acceptors (Lipinski definition) is 3. The first-order valence-corrected chi connectivity index (χ1v) is 7.87. The molecule has 0 spiro atoms. The van der Waals surface area contributed by atoms with Crippen LogP contribution >= 0.6 is 0 Å². The zero-order valence-electron chi connectivity index (χ0n) is 10.6. The van der Waals surface area contributed by atoms with Crippen molar-refractivity contribution in [3.05, 3.63) is 30.0 Å². The Kier molecular flexibility index (Phi) is 6.55. The van der Waals surface area contributed by atoms with Crippen molar-refractivity contribution in [3.8, 4) is 0 Å². The summed E-state index contributed by atoms with van der Waals surface area (Å²) in [6, 6.07) is 7.25. The number of hydrogen-bond donors (Lipinski definition) is 1. The molecule has 19 heavy (non-hydrogen) atoms. The van der Waals surface area contributed by atoms with E-state index >= 15 is 0 Å². The predicted octanol–water partition coefficient (Wildman–Crippen LogP) is 2.50. The monoisotopic (exact) mass is 307 g/mol. The van der Waals surface area contributed by atoms with E-state index in [1.54, 1.807) is 18.2 Å². The molecule has 2 rings (SSSR count). The Balaban J connectivity index is 0.00000180. The molecule has 1 heterocycles. The molecule has 0 aliphatic carbocycles. The Morgan fingerprint density at radius 3 is 2.63 bits per heavy atom. The Hall–Kier alpha value is 0.146. The fourth-order valence-corrected chi connectivity index (χ4v) is 2.41. The van der Waals surface area contributed by atoms with Crippen LogP contribution in [0, 0.1) is 0 Å². The van der Waals surface area contributed by atoms with Crippen molar-refractivity contribution in [3.63, 3.8) is 0 Å². The van der Waals surface area contributed by atoms with Gasteiger partial charge in [0.25, 0.3) is 0 Å². The van der Waals surface area contributed by atoms with Crippen molar-refractivity contribution in [1.29, 1.82) is 0 Å². The minimum atomic E-state index is -3.23. The molecular formula is C13H18KNO3S. The molecule has 0 unspecified atom stereocenters. The molecule has 100 valence electrons. The van der Waals surface area contributed by atoms with Crippen LogP contribution in [0.1, 0.15) is 25.5 Å². The maximum absolute atomic E-state index is 11.1. The van der Waals surface area contributed by atoms with Gasteiger partial charge in [-0.1, -0.05) is 13.3 Å². The third-order valence-corrected chi connectivity index (χ3v) is 3.25. The van der Waals surface area contributed by atoms with Crippen LogP contribution in [-0.2, 0) is 16.4 Å². The quantitative estimate of drug-likeness (QED) is 0.863. The van der Waals surface area contributed by atoms with Gasteiger partial charge in [-0.05, 0) is 30.7 Å². The first-order valence-electron chi connectivity index (χ1n) is 5.98. The van der Waals surface area contributed by atoms with Crippen LogP contribution in [0.4, 0.5) is 5.69 Å². The second kappa shape index (κ2) is 7.24. The van der Waals surface area contributed by atoms with E-state index < -0.39 is 10.0 Å². The van der Waals surface area contributed by atoms with E-state index in [4.69, 9.17) is 4.42 Å². The average Bonchev–Trinajstić information content (AvgIpc) is 2.66. The number of furan rings is 1. The number of anilines is 1. The summed E-state index contributed by atoms with van der Waals surface area (Å²) in [4.78, 5) is 0. The van der Waals surface area contributed by atoms with Crippen molar-refractivity contribution >= 4 is 78.1 Å². The van der Waals surface area contributed by atoms with E-state index in [-0.39, 0.29) is 51.4 Å². The van der Waals surface area contributed by atoms with E-state index in [1.165, 1.54) is 0 Å². The van der Waals surface area contributed by atoms with Crippen LogP contribution < -0.4 is 4.72 Å². The molecule has 0 atom stereocenters. The number of fused-ring (bicyclic) bond motifs is 1. The molecule has 0 saturated heterocycles. The Bertz CT molecular complexity index is 649. The molecule has 0 aliphatic heterocycles. The van der Waals surface area contributed by atoms with Gasteiger partial charge in [0.1, 0.15) is 11.3 Å². The molecule has 2 aromatic rings. The maximum atomic E-state index is 11.1. The molecule has 0 bridgehead atoms. The molecule has 0 saturated carbocycles. The summed E-state index contributed by atoms with van der Waals surface area (Å²) >= 11 is 0. The zero-order chi connectivity index (χ0) is 13.2. The van der Waals surface area contributed by atoms with Gasteiger partial charge in [-0.3, -0.25) is 4.72 Å². The first kappa shape index (κ1) is 17.2. The Labute approximate surface area is 156 Å². The summed E-state index contributed by atoms with van der Waals surface area (Å²) in [6.07, 6.45) is 4.27. The number of unbranched alkanes of at least 4 members (excludes halogenated alkanes) is 1. The van der Waals surface area contributed by atoms with Crippen molar-refractivity contribution in [1.82, 2.24) is 0 Å². The van der Waals surface area contributed by atoms with Crippen molar-refractivity contribution in [2.75, 3.05) is 11.0 Å². The normalized spacial score (nSPS) is 11.3. The summed E-state index contributed by atoms with van der Waals surface area (Å²) in [7, 11) is -3.23. The number of nitrogens with one attached hydrogen (secondary N) is 1. The van der Waals surface area contributed by atoms with Crippen LogP contribution in [-0.4, -0.2) is 66.1 Å². The number of benzene rings is 1. The van der Waals surface area contributed by atoms with Crippen molar-refractivity contribution in [2.45, 2.75) is 26.2 Å². The van der Waals surface area contributed by atoms with Crippen molar-refractivity contribution < 1.29 is 12.8 Å². The third-order valence-electron chi connectivity index (χ3n) is 2.65. The van der Waals surface area contributed by atoms with Gasteiger partial charge in [0.15, 0.2) is 0 Å². The first-order chi connectivity index (χ1) is 8.48. The minimum absolute atomic E-state index is 0. The van der Waals surface area contributed by atoms with E-state index in [0.29, 0.717) is 5.69 Å². The molecule has 0 amide bonds. The van der Waals surface area contributed by atoms with Crippen LogP contribution in [0.3, 0.4) is 0 Å². The van der Waals surface area contributed by atoms with Gasteiger partial charge < -0.3 is 4.42 Å². The molecular weight excluding hydrogens is 289 g/mol. The van der Waals surface area contributed by atoms with Gasteiger partial charge in [-0.2, -0.15) is 0 Å². The SMILES string of the molecule is CCCCc1cc2cc(NS(C)(=O)=O)ccc2o1.[KH]. The second-order valence-corrected chi connectivity index (χ2v) is 6.19. The fraction of sp³-hybridized carbons (Fsp3) is 0.385. The van der Waals surface area contributed by atoms with Crippen molar-refractivity contribution in [2.24, 2.45) is 0 Å². The third kappa shape index (κ3) is 5.21. The van der Waals surface area contributed by atoms with E-state index in [0.717, 1.165) is 42.2 Å². The van der Waals surface area contributed by atoms with Gasteiger partial charge in [0.2, 0.25) is 10.0 Å². The summed E-state index contributed by atoms with van der Waals surface area (Å²) < 4.78 is 30.4. The van der Waals surface area contributed by atoms with E-state index in [1.807, 2.05) is 6.07 Å². The molecule has 4 nitrogen and oxygen atoms in total. The zero-order valence-corrected chi connectivity index (χ0v) is 11.4. The second-order valence-electron chi connectivity index (χ2n) is 4.44. The number of rotatable bonds is 5. The van der Waals surface area contributed by atoms with Gasteiger partial charge in [0, 0.05) is 17.5 Å².